The summed E-state index contributed by atoms with van der Waals surface area (Å²) in [5, 5.41) is 1.80. The fourth-order valence-electron chi connectivity index (χ4n) is 2.10. The number of nitrogens with one attached hydrogen (secondary N) is 1. The van der Waals surface area contributed by atoms with Crippen LogP contribution < -0.4 is 5.43 Å². The average Bonchev–Trinajstić information content (AvgIpc) is 2.47. The van der Waals surface area contributed by atoms with Crippen molar-refractivity contribution in [3.05, 3.63) is 41.5 Å². The summed E-state index contributed by atoms with van der Waals surface area (Å²) in [5.41, 5.74) is 2.32. The average molecular weight is 313 g/mol. The van der Waals surface area contributed by atoms with Gasteiger partial charge in [0.1, 0.15) is 0 Å². The lowest BCUT2D eigenvalue weighted by Gasteiger charge is -2.31. The highest BCUT2D eigenvalue weighted by molar-refractivity contribution is 5.91. The highest BCUT2D eigenvalue weighted by atomic mass is 19.4. The maximum Gasteiger partial charge on any atom is 0.416 e. The molecule has 1 heterocycles. The van der Waals surface area contributed by atoms with Crippen LogP contribution in [-0.2, 0) is 11.0 Å². The second kappa shape index (κ2) is 6.93. The van der Waals surface area contributed by atoms with Gasteiger partial charge in [-0.2, -0.15) is 13.2 Å². The van der Waals surface area contributed by atoms with E-state index in [9.17, 15) is 18.0 Å². The van der Waals surface area contributed by atoms with Gasteiger partial charge in [0.2, 0.25) is 0 Å². The first-order chi connectivity index (χ1) is 10.3. The van der Waals surface area contributed by atoms with Crippen LogP contribution in [0.2, 0.25) is 0 Å². The monoisotopic (exact) mass is 313 g/mol. The van der Waals surface area contributed by atoms with Gasteiger partial charge < -0.3 is 4.90 Å². The Morgan fingerprint density at radius 1 is 1.23 bits per heavy atom. The number of rotatable bonds is 3. The number of likely N-dealkylation sites (N-methyl/N-ethyl adjacent to an activating group) is 1. The smallest absolute Gasteiger partial charge is 0.304 e. The molecule has 22 heavy (non-hydrogen) atoms. The van der Waals surface area contributed by atoms with E-state index in [1.54, 1.807) is 5.01 Å². The Morgan fingerprint density at radius 3 is 2.55 bits per heavy atom. The van der Waals surface area contributed by atoms with E-state index in [1.165, 1.54) is 24.3 Å². The van der Waals surface area contributed by atoms with Gasteiger partial charge in [0.25, 0.3) is 5.91 Å². The number of hydrazine groups is 1. The predicted molar refractivity (Wildman–Crippen MR) is 77.7 cm³/mol. The molecule has 1 fully saturated rings. The molecule has 1 amide bonds. The summed E-state index contributed by atoms with van der Waals surface area (Å²) in [7, 11) is 2.01. The fourth-order valence-corrected chi connectivity index (χ4v) is 2.10. The van der Waals surface area contributed by atoms with Crippen molar-refractivity contribution < 1.29 is 18.0 Å². The third kappa shape index (κ3) is 4.85. The van der Waals surface area contributed by atoms with Gasteiger partial charge in [0, 0.05) is 32.3 Å². The molecule has 1 aliphatic heterocycles. The van der Waals surface area contributed by atoms with Gasteiger partial charge in [-0.15, -0.1) is 0 Å². The van der Waals surface area contributed by atoms with Gasteiger partial charge in [-0.3, -0.25) is 10.2 Å². The van der Waals surface area contributed by atoms with Crippen LogP contribution in [0.15, 0.2) is 30.3 Å². The summed E-state index contributed by atoms with van der Waals surface area (Å²) in [6.45, 7) is 3.16. The molecule has 7 heteroatoms. The molecule has 0 bridgehead atoms. The van der Waals surface area contributed by atoms with Crippen molar-refractivity contribution in [2.75, 3.05) is 33.2 Å². The number of carbonyl (C=O) groups excluding carboxylic acids is 1. The van der Waals surface area contributed by atoms with E-state index in [-0.39, 0.29) is 5.91 Å². The van der Waals surface area contributed by atoms with Crippen molar-refractivity contribution in [3.8, 4) is 0 Å². The second-order valence-electron chi connectivity index (χ2n) is 5.22. The second-order valence-corrected chi connectivity index (χ2v) is 5.22. The lowest BCUT2D eigenvalue weighted by Crippen LogP contribution is -2.52. The highest BCUT2D eigenvalue weighted by Crippen LogP contribution is 2.29. The Morgan fingerprint density at radius 2 is 1.91 bits per heavy atom. The molecule has 1 saturated heterocycles. The first-order valence-electron chi connectivity index (χ1n) is 6.94. The van der Waals surface area contributed by atoms with E-state index >= 15 is 0 Å². The fraction of sp³-hybridized carbons (Fsp3) is 0.400. The molecule has 0 radical (unpaired) electrons. The molecule has 1 aromatic carbocycles. The molecule has 1 N–H and O–H groups in total. The van der Waals surface area contributed by atoms with E-state index in [2.05, 4.69) is 10.3 Å². The van der Waals surface area contributed by atoms with Crippen molar-refractivity contribution in [1.29, 1.82) is 0 Å². The summed E-state index contributed by atoms with van der Waals surface area (Å²) in [5.74, 6) is -0.345. The standard InChI is InChI=1S/C15H18F3N3O/c1-20-7-9-21(10-8-20)19-14(22)6-5-12-3-2-4-13(11-12)15(16,17)18/h2-6,11H,7-10H2,1H3,(H,19,22)/b6-5+. The third-order valence-corrected chi connectivity index (χ3v) is 3.41. The molecule has 0 saturated carbocycles. The SMILES string of the molecule is CN1CCN(NC(=O)/C=C/c2cccc(C(F)(F)F)c2)CC1. The van der Waals surface area contributed by atoms with Crippen LogP contribution >= 0.6 is 0 Å². The first kappa shape index (κ1) is 16.5. The van der Waals surface area contributed by atoms with Gasteiger partial charge in [-0.05, 0) is 30.8 Å². The van der Waals surface area contributed by atoms with Crippen molar-refractivity contribution in [2.24, 2.45) is 0 Å². The molecule has 0 aromatic heterocycles. The Kier molecular flexibility index (Phi) is 5.20. The molecule has 2 rings (SSSR count). The van der Waals surface area contributed by atoms with E-state index < -0.39 is 11.7 Å². The topological polar surface area (TPSA) is 35.6 Å². The predicted octanol–water partition coefficient (Wildman–Crippen LogP) is 2.00. The number of piperazine rings is 1. The summed E-state index contributed by atoms with van der Waals surface area (Å²) in [6.07, 6.45) is -1.76. The van der Waals surface area contributed by atoms with Crippen LogP contribution in [0.3, 0.4) is 0 Å². The molecule has 1 aliphatic rings. The van der Waals surface area contributed by atoms with Crippen LogP contribution in [0.25, 0.3) is 6.08 Å². The molecule has 0 unspecified atom stereocenters. The quantitative estimate of drug-likeness (QED) is 0.867. The third-order valence-electron chi connectivity index (χ3n) is 3.41. The van der Waals surface area contributed by atoms with Crippen LogP contribution in [-0.4, -0.2) is 49.0 Å². The number of benzene rings is 1. The van der Waals surface area contributed by atoms with Gasteiger partial charge in [-0.1, -0.05) is 12.1 Å². The minimum absolute atomic E-state index is 0.336. The van der Waals surface area contributed by atoms with Crippen LogP contribution in [0.1, 0.15) is 11.1 Å². The van der Waals surface area contributed by atoms with Crippen molar-refractivity contribution >= 4 is 12.0 Å². The summed E-state index contributed by atoms with van der Waals surface area (Å²) >= 11 is 0. The van der Waals surface area contributed by atoms with E-state index in [0.717, 1.165) is 38.3 Å². The summed E-state index contributed by atoms with van der Waals surface area (Å²) in [4.78, 5) is 13.9. The zero-order valence-corrected chi connectivity index (χ0v) is 12.2. The Hall–Kier alpha value is -1.86. The zero-order valence-electron chi connectivity index (χ0n) is 12.2. The van der Waals surface area contributed by atoms with Gasteiger partial charge in [0.15, 0.2) is 0 Å². The number of carbonyl (C=O) groups is 1. The molecule has 0 aliphatic carbocycles. The summed E-state index contributed by atoms with van der Waals surface area (Å²) < 4.78 is 37.8. The normalized spacial score (nSPS) is 17.8. The van der Waals surface area contributed by atoms with Crippen molar-refractivity contribution in [2.45, 2.75) is 6.18 Å². The zero-order chi connectivity index (χ0) is 16.2. The lowest BCUT2D eigenvalue weighted by molar-refractivity contribution is -0.137. The van der Waals surface area contributed by atoms with Crippen LogP contribution in [0.5, 0.6) is 0 Å². The Balaban J connectivity index is 1.92. The Bertz CT molecular complexity index is 549. The highest BCUT2D eigenvalue weighted by Gasteiger charge is 2.30. The number of halogens is 3. The van der Waals surface area contributed by atoms with E-state index in [4.69, 9.17) is 0 Å². The first-order valence-corrected chi connectivity index (χ1v) is 6.94. The summed E-state index contributed by atoms with van der Waals surface area (Å²) in [6, 6.07) is 4.86. The number of hydrogen-bond donors (Lipinski definition) is 1. The number of alkyl halides is 3. The largest absolute Gasteiger partial charge is 0.416 e. The minimum atomic E-state index is -4.38. The lowest BCUT2D eigenvalue weighted by atomic mass is 10.1. The van der Waals surface area contributed by atoms with E-state index in [1.807, 2.05) is 7.05 Å². The number of hydrogen-bond acceptors (Lipinski definition) is 3. The van der Waals surface area contributed by atoms with Crippen LogP contribution in [0, 0.1) is 0 Å². The number of nitrogens with zero attached hydrogens (tertiary/aromatic N) is 2. The van der Waals surface area contributed by atoms with Gasteiger partial charge in [0.05, 0.1) is 5.56 Å². The maximum absolute atomic E-state index is 12.6. The number of amides is 1. The molecule has 120 valence electrons. The molecular formula is C15H18F3N3O. The van der Waals surface area contributed by atoms with Crippen molar-refractivity contribution in [3.63, 3.8) is 0 Å². The van der Waals surface area contributed by atoms with Crippen LogP contribution in [0.4, 0.5) is 13.2 Å². The molecule has 0 spiro atoms. The molecule has 4 nitrogen and oxygen atoms in total. The minimum Gasteiger partial charge on any atom is -0.304 e. The van der Waals surface area contributed by atoms with Gasteiger partial charge in [-0.25, -0.2) is 5.01 Å². The van der Waals surface area contributed by atoms with Gasteiger partial charge >= 0.3 is 6.18 Å². The Labute approximate surface area is 127 Å². The molecule has 1 aromatic rings. The molecular weight excluding hydrogens is 295 g/mol. The maximum atomic E-state index is 12.6. The molecule has 0 atom stereocenters. The van der Waals surface area contributed by atoms with E-state index in [0.29, 0.717) is 5.56 Å². The van der Waals surface area contributed by atoms with Crippen molar-refractivity contribution in [1.82, 2.24) is 15.3 Å².